The molecule has 0 saturated heterocycles. The number of aromatic nitrogens is 2. The van der Waals surface area contributed by atoms with Crippen molar-refractivity contribution < 1.29 is 0 Å². The van der Waals surface area contributed by atoms with Gasteiger partial charge in [0, 0.05) is 9.50 Å². The molecule has 108 valence electrons. The van der Waals surface area contributed by atoms with Gasteiger partial charge in [-0.2, -0.15) is 0 Å². The Morgan fingerprint density at radius 3 is 2.62 bits per heavy atom. The third kappa shape index (κ3) is 2.70. The highest BCUT2D eigenvalue weighted by Gasteiger charge is 2.18. The number of hydrogen-bond acceptors (Lipinski definition) is 1. The first-order valence-corrected chi connectivity index (χ1v) is 8.16. The Morgan fingerprint density at radius 2 is 1.95 bits per heavy atom. The Kier molecular flexibility index (Phi) is 4.00. The molecule has 0 saturated carbocycles. The number of fused-ring (bicyclic) bond motifs is 1. The fourth-order valence-corrected chi connectivity index (χ4v) is 3.40. The summed E-state index contributed by atoms with van der Waals surface area (Å²) in [5.74, 6) is 0.820. The van der Waals surface area contributed by atoms with E-state index in [9.17, 15) is 0 Å². The molecule has 1 atom stereocenters. The van der Waals surface area contributed by atoms with Gasteiger partial charge in [0.2, 0.25) is 0 Å². The molecule has 1 unspecified atom stereocenters. The van der Waals surface area contributed by atoms with Gasteiger partial charge in [-0.3, -0.25) is 4.57 Å². The molecule has 0 amide bonds. The first kappa shape index (κ1) is 14.9. The summed E-state index contributed by atoms with van der Waals surface area (Å²) in [6.45, 7) is 3.98. The second kappa shape index (κ2) is 5.64. The number of hydrogen-bond donors (Lipinski definition) is 0. The van der Waals surface area contributed by atoms with Crippen LogP contribution in [0.15, 0.2) is 40.9 Å². The summed E-state index contributed by atoms with van der Waals surface area (Å²) >= 11 is 15.9. The number of aryl methyl sites for hydroxylation is 1. The molecule has 0 aliphatic carbocycles. The van der Waals surface area contributed by atoms with Gasteiger partial charge in [-0.1, -0.05) is 17.7 Å². The van der Waals surface area contributed by atoms with Gasteiger partial charge in [-0.25, -0.2) is 4.98 Å². The van der Waals surface area contributed by atoms with E-state index in [4.69, 9.17) is 28.2 Å². The molecule has 0 aliphatic rings. The molecule has 21 heavy (non-hydrogen) atoms. The van der Waals surface area contributed by atoms with Gasteiger partial charge in [0.1, 0.15) is 5.82 Å². The summed E-state index contributed by atoms with van der Waals surface area (Å²) in [7, 11) is 0. The number of halogens is 3. The van der Waals surface area contributed by atoms with E-state index in [2.05, 4.69) is 45.6 Å². The van der Waals surface area contributed by atoms with E-state index >= 15 is 0 Å². The molecule has 5 heteroatoms. The minimum Gasteiger partial charge on any atom is -0.294 e. The van der Waals surface area contributed by atoms with Gasteiger partial charge in [0.05, 0.1) is 22.1 Å². The van der Waals surface area contributed by atoms with E-state index < -0.39 is 0 Å². The molecule has 3 rings (SSSR count). The molecule has 0 aliphatic heterocycles. The summed E-state index contributed by atoms with van der Waals surface area (Å²) in [5.41, 5.74) is 4.13. The molecule has 0 spiro atoms. The van der Waals surface area contributed by atoms with Gasteiger partial charge < -0.3 is 0 Å². The van der Waals surface area contributed by atoms with Crippen LogP contribution in [0.1, 0.15) is 23.7 Å². The number of nitrogens with zero attached hydrogens (tertiary/aromatic N) is 2. The van der Waals surface area contributed by atoms with Gasteiger partial charge in [0.15, 0.2) is 0 Å². The number of rotatable bonds is 2. The van der Waals surface area contributed by atoms with Crippen molar-refractivity contribution in [1.82, 2.24) is 9.55 Å². The number of benzene rings is 2. The third-order valence-corrected chi connectivity index (χ3v) is 4.41. The topological polar surface area (TPSA) is 17.8 Å². The Balaban J connectivity index is 2.36. The normalized spacial score (nSPS) is 12.8. The van der Waals surface area contributed by atoms with Crippen molar-refractivity contribution >= 4 is 50.2 Å². The lowest BCUT2D eigenvalue weighted by Crippen LogP contribution is -2.02. The minimum absolute atomic E-state index is 0.194. The number of alkyl halides is 1. The first-order chi connectivity index (χ1) is 9.97. The lowest BCUT2D eigenvalue weighted by molar-refractivity contribution is 0.880. The van der Waals surface area contributed by atoms with E-state index in [0.29, 0.717) is 5.02 Å². The highest BCUT2D eigenvalue weighted by molar-refractivity contribution is 9.10. The maximum absolute atomic E-state index is 6.33. The minimum atomic E-state index is -0.194. The largest absolute Gasteiger partial charge is 0.294 e. The van der Waals surface area contributed by atoms with Crippen LogP contribution in [0.4, 0.5) is 0 Å². The van der Waals surface area contributed by atoms with Crippen LogP contribution >= 0.6 is 39.1 Å². The van der Waals surface area contributed by atoms with E-state index in [-0.39, 0.29) is 5.38 Å². The lowest BCUT2D eigenvalue weighted by atomic mass is 10.2. The first-order valence-electron chi connectivity index (χ1n) is 6.56. The van der Waals surface area contributed by atoms with Crippen molar-refractivity contribution in [2.24, 2.45) is 0 Å². The predicted molar refractivity (Wildman–Crippen MR) is 92.8 cm³/mol. The van der Waals surface area contributed by atoms with Crippen LogP contribution in [0.5, 0.6) is 0 Å². The molecule has 0 fully saturated rings. The van der Waals surface area contributed by atoms with Gasteiger partial charge in [0.25, 0.3) is 0 Å². The molecule has 3 aromatic rings. The molecule has 0 N–H and O–H groups in total. The Hall–Kier alpha value is -1.03. The zero-order chi connectivity index (χ0) is 15.1. The van der Waals surface area contributed by atoms with Crippen LogP contribution in [-0.4, -0.2) is 9.55 Å². The van der Waals surface area contributed by atoms with E-state index in [1.807, 2.05) is 25.1 Å². The summed E-state index contributed by atoms with van der Waals surface area (Å²) in [4.78, 5) is 4.69. The lowest BCUT2D eigenvalue weighted by Gasteiger charge is -2.12. The maximum Gasteiger partial charge on any atom is 0.132 e. The van der Waals surface area contributed by atoms with Crippen molar-refractivity contribution in [2.75, 3.05) is 0 Å². The SMILES string of the molecule is Cc1ccc2c(c1)nc(C(C)Cl)n2-c1ccc(Cl)cc1Br. The predicted octanol–water partition coefficient (Wildman–Crippen LogP) is 6.05. The smallest absolute Gasteiger partial charge is 0.132 e. The fraction of sp³-hybridized carbons (Fsp3) is 0.188. The molecular formula is C16H13BrCl2N2. The van der Waals surface area contributed by atoms with Crippen molar-refractivity contribution in [2.45, 2.75) is 19.2 Å². The van der Waals surface area contributed by atoms with E-state index in [1.54, 1.807) is 0 Å². The fourth-order valence-electron chi connectivity index (χ4n) is 2.39. The Bertz CT molecular complexity index is 825. The van der Waals surface area contributed by atoms with Gasteiger partial charge in [-0.05, 0) is 65.7 Å². The second-order valence-electron chi connectivity index (χ2n) is 5.01. The average Bonchev–Trinajstić information content (AvgIpc) is 2.77. The van der Waals surface area contributed by atoms with Crippen LogP contribution in [0, 0.1) is 6.92 Å². The van der Waals surface area contributed by atoms with Crippen molar-refractivity contribution in [3.8, 4) is 5.69 Å². The standard InChI is InChI=1S/C16H13BrCl2N2/c1-9-3-5-15-13(7-9)20-16(10(2)18)21(15)14-6-4-11(19)8-12(14)17/h3-8,10H,1-2H3. The highest BCUT2D eigenvalue weighted by Crippen LogP contribution is 2.33. The van der Waals surface area contributed by atoms with Crippen molar-refractivity contribution in [1.29, 1.82) is 0 Å². The van der Waals surface area contributed by atoms with Crippen LogP contribution in [-0.2, 0) is 0 Å². The molecule has 1 heterocycles. The Labute approximate surface area is 141 Å². The molecule has 2 aromatic carbocycles. The third-order valence-electron chi connectivity index (χ3n) is 3.34. The van der Waals surface area contributed by atoms with Crippen LogP contribution in [0.2, 0.25) is 5.02 Å². The summed E-state index contributed by atoms with van der Waals surface area (Å²) in [6, 6.07) is 11.9. The zero-order valence-electron chi connectivity index (χ0n) is 11.6. The molecular weight excluding hydrogens is 371 g/mol. The summed E-state index contributed by atoms with van der Waals surface area (Å²) in [5, 5.41) is 0.492. The van der Waals surface area contributed by atoms with Crippen LogP contribution < -0.4 is 0 Å². The van der Waals surface area contributed by atoms with Crippen molar-refractivity contribution in [3.63, 3.8) is 0 Å². The molecule has 0 bridgehead atoms. The van der Waals surface area contributed by atoms with Crippen LogP contribution in [0.3, 0.4) is 0 Å². The molecule has 2 nitrogen and oxygen atoms in total. The highest BCUT2D eigenvalue weighted by atomic mass is 79.9. The summed E-state index contributed by atoms with van der Waals surface area (Å²) < 4.78 is 2.99. The van der Waals surface area contributed by atoms with E-state index in [1.165, 1.54) is 5.56 Å². The molecule has 1 aromatic heterocycles. The second-order valence-corrected chi connectivity index (χ2v) is 6.95. The maximum atomic E-state index is 6.33. The van der Waals surface area contributed by atoms with Crippen molar-refractivity contribution in [3.05, 3.63) is 57.3 Å². The number of imidazole rings is 1. The quantitative estimate of drug-likeness (QED) is 0.492. The summed E-state index contributed by atoms with van der Waals surface area (Å²) in [6.07, 6.45) is 0. The van der Waals surface area contributed by atoms with Gasteiger partial charge in [-0.15, -0.1) is 11.6 Å². The Morgan fingerprint density at radius 1 is 1.19 bits per heavy atom. The average molecular weight is 384 g/mol. The zero-order valence-corrected chi connectivity index (χ0v) is 14.7. The van der Waals surface area contributed by atoms with Gasteiger partial charge >= 0.3 is 0 Å². The molecule has 0 radical (unpaired) electrons. The monoisotopic (exact) mass is 382 g/mol. The van der Waals surface area contributed by atoms with E-state index in [0.717, 1.165) is 27.0 Å². The van der Waals surface area contributed by atoms with Crippen LogP contribution in [0.25, 0.3) is 16.7 Å².